The number of carbonyl (C=O) groups excluding carboxylic acids is 1. The quantitative estimate of drug-likeness (QED) is 0.442. The molecule has 0 radical (unpaired) electrons. The van der Waals surface area contributed by atoms with E-state index < -0.39 is 0 Å². The lowest BCUT2D eigenvalue weighted by atomic mass is 10.3. The summed E-state index contributed by atoms with van der Waals surface area (Å²) in [5.74, 6) is -0.269. The predicted octanol–water partition coefficient (Wildman–Crippen LogP) is 1.11. The summed E-state index contributed by atoms with van der Waals surface area (Å²) in [6.07, 6.45) is 4.31. The molecule has 2 aliphatic rings. The molecule has 0 saturated heterocycles. The van der Waals surface area contributed by atoms with Crippen LogP contribution in [-0.2, 0) is 9.53 Å². The zero-order valence-electron chi connectivity index (χ0n) is 7.96. The smallest absolute Gasteiger partial charge is 0.333 e. The Labute approximate surface area is 97.1 Å². The second-order valence-corrected chi connectivity index (χ2v) is 5.09. The maximum Gasteiger partial charge on any atom is 0.333 e. The molecule has 6 heteroatoms. The number of hydrogen-bond donors (Lipinski definition) is 2. The van der Waals surface area contributed by atoms with Gasteiger partial charge in [-0.1, -0.05) is 23.4 Å². The molecule has 0 saturated carbocycles. The average molecular weight is 247 g/mol. The van der Waals surface area contributed by atoms with E-state index >= 15 is 0 Å². The van der Waals surface area contributed by atoms with Crippen LogP contribution in [-0.4, -0.2) is 24.0 Å². The summed E-state index contributed by atoms with van der Waals surface area (Å²) in [6.45, 7) is 1.15. The minimum Gasteiger partial charge on any atom is -0.456 e. The van der Waals surface area contributed by atoms with Crippen LogP contribution in [0.3, 0.4) is 0 Å². The predicted molar refractivity (Wildman–Crippen MR) is 60.1 cm³/mol. The highest BCUT2D eigenvalue weighted by molar-refractivity contribution is 8.04. The van der Waals surface area contributed by atoms with Gasteiger partial charge in [-0.3, -0.25) is 0 Å². The summed E-state index contributed by atoms with van der Waals surface area (Å²) in [6, 6.07) is 0. The van der Waals surface area contributed by atoms with Crippen LogP contribution in [0.5, 0.6) is 0 Å². The molecule has 1 unspecified atom stereocenters. The second-order valence-electron chi connectivity index (χ2n) is 3.17. The Morgan fingerprint density at radius 2 is 2.60 bits per heavy atom. The first-order valence-electron chi connectivity index (χ1n) is 4.61. The van der Waals surface area contributed by atoms with E-state index in [2.05, 4.69) is 10.6 Å². The number of carbonyl (C=O) groups is 1. The molecular weight excluding hydrogens is 236 g/mol. The Bertz CT molecular complexity index is 330. The van der Waals surface area contributed by atoms with Gasteiger partial charge < -0.3 is 15.4 Å². The molecule has 0 fully saturated rings. The number of ether oxygens (including phenoxy) is 1. The van der Waals surface area contributed by atoms with Crippen LogP contribution < -0.4 is 10.6 Å². The summed E-state index contributed by atoms with van der Waals surface area (Å²) >= 11 is 7.44. The molecular formula is C9H11ClN2O2S. The van der Waals surface area contributed by atoms with E-state index in [0.717, 1.165) is 18.7 Å². The van der Waals surface area contributed by atoms with Gasteiger partial charge in [0.1, 0.15) is 6.61 Å². The summed E-state index contributed by atoms with van der Waals surface area (Å²) in [5, 5.41) is 6.14. The zero-order chi connectivity index (χ0) is 10.7. The number of alkyl halides is 1. The first-order valence-corrected chi connectivity index (χ1v) is 5.93. The molecule has 0 aromatic carbocycles. The van der Waals surface area contributed by atoms with Crippen molar-refractivity contribution in [2.75, 3.05) is 13.2 Å². The van der Waals surface area contributed by atoms with Gasteiger partial charge in [0.2, 0.25) is 0 Å². The highest BCUT2D eigenvalue weighted by atomic mass is 35.5. The fourth-order valence-corrected chi connectivity index (χ4v) is 2.48. The SMILES string of the molecule is O=C1C=C(NCCC2=CNC(Cl)S2)CO1. The van der Waals surface area contributed by atoms with Crippen molar-refractivity contribution in [2.45, 2.75) is 11.3 Å². The number of cyclic esters (lactones) is 1. The number of thioether (sulfide) groups is 1. The lowest BCUT2D eigenvalue weighted by molar-refractivity contribution is -0.134. The Hall–Kier alpha value is -0.810. The number of halogens is 1. The van der Waals surface area contributed by atoms with Gasteiger partial charge in [-0.2, -0.15) is 0 Å². The van der Waals surface area contributed by atoms with Crippen LogP contribution in [0.4, 0.5) is 0 Å². The fraction of sp³-hybridized carbons (Fsp3) is 0.444. The van der Waals surface area contributed by atoms with E-state index in [-0.39, 0.29) is 10.8 Å². The number of nitrogens with one attached hydrogen (secondary N) is 2. The lowest BCUT2D eigenvalue weighted by Crippen LogP contribution is -2.15. The Morgan fingerprint density at radius 1 is 1.73 bits per heavy atom. The first-order chi connectivity index (χ1) is 7.24. The molecule has 4 nitrogen and oxygen atoms in total. The van der Waals surface area contributed by atoms with Gasteiger partial charge in [-0.05, 0) is 6.42 Å². The van der Waals surface area contributed by atoms with Crippen LogP contribution in [0.25, 0.3) is 0 Å². The van der Waals surface area contributed by atoms with Crippen molar-refractivity contribution in [2.24, 2.45) is 0 Å². The van der Waals surface area contributed by atoms with Crippen molar-refractivity contribution in [3.8, 4) is 0 Å². The van der Waals surface area contributed by atoms with Gasteiger partial charge in [0.15, 0.2) is 4.83 Å². The largest absolute Gasteiger partial charge is 0.456 e. The maximum atomic E-state index is 10.7. The third kappa shape index (κ3) is 3.07. The number of hydrogen-bond acceptors (Lipinski definition) is 5. The zero-order valence-corrected chi connectivity index (χ0v) is 9.53. The maximum absolute atomic E-state index is 10.7. The minimum atomic E-state index is -0.269. The van der Waals surface area contributed by atoms with E-state index in [1.54, 1.807) is 11.8 Å². The van der Waals surface area contributed by atoms with Gasteiger partial charge in [0, 0.05) is 23.7 Å². The van der Waals surface area contributed by atoms with E-state index in [1.165, 1.54) is 11.0 Å². The molecule has 0 aromatic heterocycles. The van der Waals surface area contributed by atoms with Crippen molar-refractivity contribution in [3.63, 3.8) is 0 Å². The first kappa shape index (κ1) is 10.7. The highest BCUT2D eigenvalue weighted by Gasteiger charge is 2.15. The Kier molecular flexibility index (Phi) is 3.43. The summed E-state index contributed by atoms with van der Waals surface area (Å²) < 4.78 is 4.76. The van der Waals surface area contributed by atoms with Gasteiger partial charge in [0.25, 0.3) is 0 Å². The molecule has 0 spiro atoms. The van der Waals surface area contributed by atoms with Gasteiger partial charge in [-0.25, -0.2) is 4.79 Å². The third-order valence-electron chi connectivity index (χ3n) is 2.02. The molecule has 15 heavy (non-hydrogen) atoms. The van der Waals surface area contributed by atoms with E-state index in [9.17, 15) is 4.79 Å². The molecule has 82 valence electrons. The van der Waals surface area contributed by atoms with Crippen molar-refractivity contribution < 1.29 is 9.53 Å². The number of rotatable bonds is 4. The van der Waals surface area contributed by atoms with E-state index in [4.69, 9.17) is 16.3 Å². The van der Waals surface area contributed by atoms with E-state index in [1.807, 2.05) is 6.20 Å². The summed E-state index contributed by atoms with van der Waals surface area (Å²) in [4.78, 5) is 11.9. The topological polar surface area (TPSA) is 50.4 Å². The molecule has 2 rings (SSSR count). The van der Waals surface area contributed by atoms with Gasteiger partial charge >= 0.3 is 5.97 Å². The molecule has 0 aliphatic carbocycles. The molecule has 2 heterocycles. The van der Waals surface area contributed by atoms with Crippen molar-refractivity contribution >= 4 is 29.3 Å². The Balaban J connectivity index is 1.67. The summed E-state index contributed by atoms with van der Waals surface area (Å²) in [7, 11) is 0. The monoisotopic (exact) mass is 246 g/mol. The second kappa shape index (κ2) is 4.81. The lowest BCUT2D eigenvalue weighted by Gasteiger charge is -2.05. The fourth-order valence-electron chi connectivity index (χ4n) is 1.31. The van der Waals surface area contributed by atoms with Crippen molar-refractivity contribution in [3.05, 3.63) is 22.9 Å². The average Bonchev–Trinajstić information content (AvgIpc) is 2.76. The van der Waals surface area contributed by atoms with Crippen LogP contribution in [0.15, 0.2) is 22.9 Å². The molecule has 0 bridgehead atoms. The molecule has 0 aromatic rings. The van der Waals surface area contributed by atoms with Crippen LogP contribution >= 0.6 is 23.4 Å². The minimum absolute atomic E-state index is 0.0457. The molecule has 0 amide bonds. The Morgan fingerprint density at radius 3 is 3.20 bits per heavy atom. The highest BCUT2D eigenvalue weighted by Crippen LogP contribution is 2.29. The van der Waals surface area contributed by atoms with E-state index in [0.29, 0.717) is 6.61 Å². The van der Waals surface area contributed by atoms with Gasteiger partial charge in [0.05, 0.1) is 5.70 Å². The van der Waals surface area contributed by atoms with Gasteiger partial charge in [-0.15, -0.1) is 0 Å². The van der Waals surface area contributed by atoms with Crippen molar-refractivity contribution in [1.29, 1.82) is 0 Å². The van der Waals surface area contributed by atoms with Crippen LogP contribution in [0, 0.1) is 0 Å². The third-order valence-corrected chi connectivity index (χ3v) is 3.38. The number of esters is 1. The molecule has 2 N–H and O–H groups in total. The molecule has 2 aliphatic heterocycles. The standard InChI is InChI=1S/C9H11ClN2O2S/c10-9-12-4-7(15-9)1-2-11-6-3-8(13)14-5-6/h3-4,9,11-12H,1-2,5H2. The normalized spacial score (nSPS) is 24.3. The van der Waals surface area contributed by atoms with Crippen LogP contribution in [0.2, 0.25) is 0 Å². The molecule has 1 atom stereocenters. The van der Waals surface area contributed by atoms with Crippen molar-refractivity contribution in [1.82, 2.24) is 10.6 Å². The summed E-state index contributed by atoms with van der Waals surface area (Å²) in [5.41, 5.74) is 0.846. The van der Waals surface area contributed by atoms with Crippen LogP contribution in [0.1, 0.15) is 6.42 Å².